The summed E-state index contributed by atoms with van der Waals surface area (Å²) in [5.41, 5.74) is 0.120. The Hall–Kier alpha value is -3.47. The summed E-state index contributed by atoms with van der Waals surface area (Å²) in [5.74, 6) is 0.0520. The second-order valence-corrected chi connectivity index (χ2v) is 7.84. The molecule has 152 valence electrons. The number of nitro benzene ring substituents is 1. The van der Waals surface area contributed by atoms with Crippen molar-refractivity contribution >= 4 is 33.1 Å². The molecule has 0 saturated carbocycles. The van der Waals surface area contributed by atoms with E-state index in [0.717, 1.165) is 6.42 Å². The van der Waals surface area contributed by atoms with Gasteiger partial charge in [-0.25, -0.2) is 8.42 Å². The predicted molar refractivity (Wildman–Crippen MR) is 106 cm³/mol. The van der Waals surface area contributed by atoms with E-state index in [1.807, 2.05) is 0 Å². The third-order valence-corrected chi connectivity index (χ3v) is 5.33. The minimum Gasteiger partial charge on any atom is -0.484 e. The van der Waals surface area contributed by atoms with Crippen LogP contribution in [0.15, 0.2) is 58.4 Å². The van der Waals surface area contributed by atoms with Crippen molar-refractivity contribution in [2.75, 3.05) is 18.5 Å². The van der Waals surface area contributed by atoms with Crippen molar-refractivity contribution in [2.24, 2.45) is 4.99 Å². The van der Waals surface area contributed by atoms with Gasteiger partial charge in [0.2, 0.25) is 0 Å². The molecular formula is C18H18N4O6S. The zero-order chi connectivity index (χ0) is 20.9. The van der Waals surface area contributed by atoms with Gasteiger partial charge in [-0.1, -0.05) is 12.1 Å². The van der Waals surface area contributed by atoms with Gasteiger partial charge in [0.15, 0.2) is 6.61 Å². The van der Waals surface area contributed by atoms with E-state index in [9.17, 15) is 23.3 Å². The van der Waals surface area contributed by atoms with Crippen molar-refractivity contribution in [3.63, 3.8) is 0 Å². The minimum absolute atomic E-state index is 0.00972. The molecular weight excluding hydrogens is 400 g/mol. The van der Waals surface area contributed by atoms with E-state index in [2.05, 4.69) is 15.0 Å². The Bertz CT molecular complexity index is 1070. The van der Waals surface area contributed by atoms with Crippen LogP contribution in [0.3, 0.4) is 0 Å². The molecule has 0 saturated heterocycles. The van der Waals surface area contributed by atoms with Crippen LogP contribution in [0.4, 0.5) is 11.4 Å². The van der Waals surface area contributed by atoms with Gasteiger partial charge < -0.3 is 10.1 Å². The summed E-state index contributed by atoms with van der Waals surface area (Å²) in [7, 11) is -3.80. The first-order valence-corrected chi connectivity index (χ1v) is 10.2. The van der Waals surface area contributed by atoms with Gasteiger partial charge in [-0.3, -0.25) is 24.6 Å². The number of benzene rings is 2. The largest absolute Gasteiger partial charge is 0.484 e. The predicted octanol–water partition coefficient (Wildman–Crippen LogP) is 2.08. The Labute approximate surface area is 166 Å². The first kappa shape index (κ1) is 20.3. The number of hydrogen-bond acceptors (Lipinski definition) is 7. The topological polar surface area (TPSA) is 140 Å². The molecule has 0 unspecified atom stereocenters. The van der Waals surface area contributed by atoms with Crippen LogP contribution in [0, 0.1) is 10.1 Å². The van der Waals surface area contributed by atoms with E-state index in [1.165, 1.54) is 48.5 Å². The van der Waals surface area contributed by atoms with Gasteiger partial charge in [0.25, 0.3) is 21.6 Å². The van der Waals surface area contributed by atoms with Crippen molar-refractivity contribution in [2.45, 2.75) is 17.7 Å². The molecule has 0 atom stereocenters. The average Bonchev–Trinajstić information content (AvgIpc) is 3.19. The number of aliphatic imine (C=N–C) groups is 1. The summed E-state index contributed by atoms with van der Waals surface area (Å²) in [5, 5.41) is 13.3. The fourth-order valence-electron chi connectivity index (χ4n) is 2.61. The molecule has 0 aromatic heterocycles. The molecule has 1 aliphatic heterocycles. The lowest BCUT2D eigenvalue weighted by atomic mass is 10.3. The van der Waals surface area contributed by atoms with Crippen LogP contribution in [0.5, 0.6) is 5.75 Å². The van der Waals surface area contributed by atoms with Gasteiger partial charge >= 0.3 is 0 Å². The van der Waals surface area contributed by atoms with Gasteiger partial charge in [0.05, 0.1) is 15.9 Å². The van der Waals surface area contributed by atoms with Gasteiger partial charge in [-0.2, -0.15) is 0 Å². The minimum atomic E-state index is -3.80. The third-order valence-electron chi connectivity index (χ3n) is 3.95. The van der Waals surface area contributed by atoms with Crippen LogP contribution in [0.1, 0.15) is 12.8 Å². The Kier molecular flexibility index (Phi) is 6.07. The zero-order valence-corrected chi connectivity index (χ0v) is 16.0. The van der Waals surface area contributed by atoms with E-state index in [0.29, 0.717) is 18.8 Å². The lowest BCUT2D eigenvalue weighted by Gasteiger charge is -2.10. The number of carbonyl (C=O) groups is 1. The molecule has 2 aromatic rings. The van der Waals surface area contributed by atoms with Crippen LogP contribution < -0.4 is 14.8 Å². The highest BCUT2D eigenvalue weighted by molar-refractivity contribution is 7.90. The second-order valence-electron chi connectivity index (χ2n) is 6.16. The van der Waals surface area contributed by atoms with Crippen molar-refractivity contribution in [1.82, 2.24) is 4.72 Å². The molecule has 0 bridgehead atoms. The van der Waals surface area contributed by atoms with E-state index in [-0.39, 0.29) is 22.0 Å². The quantitative estimate of drug-likeness (QED) is 0.521. The molecule has 1 aliphatic rings. The van der Waals surface area contributed by atoms with E-state index in [4.69, 9.17) is 4.74 Å². The number of nitro groups is 1. The fourth-order valence-corrected chi connectivity index (χ4v) is 3.75. The van der Waals surface area contributed by atoms with Crippen LogP contribution in [0.2, 0.25) is 0 Å². The Morgan fingerprint density at radius 3 is 2.72 bits per heavy atom. The summed E-state index contributed by atoms with van der Waals surface area (Å²) in [6.07, 6.45) is 1.38. The highest BCUT2D eigenvalue weighted by atomic mass is 32.2. The maximum absolute atomic E-state index is 12.4. The number of anilines is 1. The molecule has 0 spiro atoms. The number of nitrogens with one attached hydrogen (secondary N) is 2. The molecule has 0 radical (unpaired) electrons. The summed E-state index contributed by atoms with van der Waals surface area (Å²) in [6, 6.07) is 11.2. The Balaban J connectivity index is 1.61. The van der Waals surface area contributed by atoms with Crippen molar-refractivity contribution in [1.29, 1.82) is 0 Å². The standard InChI is InChI=1S/C18H18N4O6S/c23-18(12-28-15-6-2-5-14(11-15)22(24)25)20-13-4-1-7-16(10-13)29(26,27)21-17-8-3-9-19-17/h1-2,4-7,10-11H,3,8-9,12H2,(H,19,21)(H,20,23). The first-order valence-electron chi connectivity index (χ1n) is 8.67. The van der Waals surface area contributed by atoms with Crippen molar-refractivity contribution in [3.8, 4) is 5.75 Å². The molecule has 29 heavy (non-hydrogen) atoms. The van der Waals surface area contributed by atoms with Crippen LogP contribution in [-0.4, -0.2) is 38.2 Å². The summed E-state index contributed by atoms with van der Waals surface area (Å²) in [6.45, 7) is 0.200. The van der Waals surface area contributed by atoms with Crippen LogP contribution >= 0.6 is 0 Å². The lowest BCUT2D eigenvalue weighted by Crippen LogP contribution is -2.29. The average molecular weight is 418 g/mol. The fraction of sp³-hybridized carbons (Fsp3) is 0.222. The van der Waals surface area contributed by atoms with Gasteiger partial charge in [-0.15, -0.1) is 0 Å². The van der Waals surface area contributed by atoms with Crippen LogP contribution in [-0.2, 0) is 14.8 Å². The number of hydrogen-bond donors (Lipinski definition) is 2. The maximum atomic E-state index is 12.4. The van der Waals surface area contributed by atoms with E-state index >= 15 is 0 Å². The number of amidine groups is 1. The van der Waals surface area contributed by atoms with Gasteiger partial charge in [0.1, 0.15) is 11.6 Å². The highest BCUT2D eigenvalue weighted by Gasteiger charge is 2.19. The molecule has 10 nitrogen and oxygen atoms in total. The lowest BCUT2D eigenvalue weighted by molar-refractivity contribution is -0.384. The molecule has 1 amide bonds. The molecule has 0 fully saturated rings. The van der Waals surface area contributed by atoms with E-state index < -0.39 is 27.5 Å². The normalized spacial score (nSPS) is 13.4. The van der Waals surface area contributed by atoms with Crippen molar-refractivity contribution < 1.29 is 22.9 Å². The number of sulfonamides is 1. The number of ether oxygens (including phenoxy) is 1. The Morgan fingerprint density at radius 1 is 1.21 bits per heavy atom. The number of carbonyl (C=O) groups excluding carboxylic acids is 1. The van der Waals surface area contributed by atoms with Gasteiger partial charge in [-0.05, 0) is 30.7 Å². The zero-order valence-electron chi connectivity index (χ0n) is 15.2. The second kappa shape index (κ2) is 8.69. The van der Waals surface area contributed by atoms with E-state index in [1.54, 1.807) is 0 Å². The molecule has 3 rings (SSSR count). The monoisotopic (exact) mass is 418 g/mol. The van der Waals surface area contributed by atoms with Crippen molar-refractivity contribution in [3.05, 3.63) is 58.6 Å². The molecule has 2 N–H and O–H groups in total. The molecule has 11 heteroatoms. The highest BCUT2D eigenvalue weighted by Crippen LogP contribution is 2.19. The Morgan fingerprint density at radius 2 is 2.00 bits per heavy atom. The number of rotatable bonds is 7. The number of amides is 1. The van der Waals surface area contributed by atoms with Crippen LogP contribution in [0.25, 0.3) is 0 Å². The number of non-ortho nitro benzene ring substituents is 1. The maximum Gasteiger partial charge on any atom is 0.273 e. The SMILES string of the molecule is O=C(COc1cccc([N+](=O)[O-])c1)Nc1cccc(S(=O)(=O)NC2=NCCC2)c1. The number of nitrogens with zero attached hydrogens (tertiary/aromatic N) is 2. The molecule has 1 heterocycles. The third kappa shape index (κ3) is 5.51. The smallest absolute Gasteiger partial charge is 0.273 e. The first-order chi connectivity index (χ1) is 13.8. The molecule has 0 aliphatic carbocycles. The molecule has 2 aromatic carbocycles. The summed E-state index contributed by atoms with van der Waals surface area (Å²) < 4.78 is 32.6. The summed E-state index contributed by atoms with van der Waals surface area (Å²) in [4.78, 5) is 26.4. The summed E-state index contributed by atoms with van der Waals surface area (Å²) >= 11 is 0. The van der Waals surface area contributed by atoms with Gasteiger partial charge in [0, 0.05) is 24.7 Å².